The number of amides is 2. The lowest BCUT2D eigenvalue weighted by Gasteiger charge is -2.22. The molecule has 0 saturated carbocycles. The van der Waals surface area contributed by atoms with E-state index >= 15 is 0 Å². The summed E-state index contributed by atoms with van der Waals surface area (Å²) < 4.78 is 5.70. The third-order valence-corrected chi connectivity index (χ3v) is 5.05. The van der Waals surface area contributed by atoms with Gasteiger partial charge in [-0.1, -0.05) is 11.6 Å². The molecule has 1 fully saturated rings. The average molecular weight is 355 g/mol. The Morgan fingerprint density at radius 2 is 2.24 bits per heavy atom. The Bertz CT molecular complexity index is 932. The third-order valence-electron chi connectivity index (χ3n) is 4.36. The van der Waals surface area contributed by atoms with Crippen LogP contribution in [0.5, 0.6) is 0 Å². The van der Waals surface area contributed by atoms with E-state index in [1.807, 2.05) is 25.1 Å². The molecule has 1 atom stereocenters. The monoisotopic (exact) mass is 355 g/mol. The summed E-state index contributed by atoms with van der Waals surface area (Å²) in [6, 6.07) is 7.04. The summed E-state index contributed by atoms with van der Waals surface area (Å²) in [6.07, 6.45) is 3.07. The minimum absolute atomic E-state index is 0.201. The topological polar surface area (TPSA) is 75.4 Å². The van der Waals surface area contributed by atoms with Gasteiger partial charge in [-0.2, -0.15) is 0 Å². The minimum atomic E-state index is -0.494. The Morgan fingerprint density at radius 3 is 3.04 bits per heavy atom. The van der Waals surface area contributed by atoms with Crippen LogP contribution in [0.4, 0.5) is 5.13 Å². The van der Waals surface area contributed by atoms with Crippen LogP contribution in [0.25, 0.3) is 11.0 Å². The van der Waals surface area contributed by atoms with E-state index in [2.05, 4.69) is 10.3 Å². The van der Waals surface area contributed by atoms with Crippen molar-refractivity contribution in [1.82, 2.24) is 9.88 Å². The quantitative estimate of drug-likeness (QED) is 0.781. The lowest BCUT2D eigenvalue weighted by atomic mass is 10.2. The molecule has 3 aromatic rings. The van der Waals surface area contributed by atoms with Crippen molar-refractivity contribution in [2.75, 3.05) is 11.9 Å². The maximum Gasteiger partial charge on any atom is 0.290 e. The fourth-order valence-corrected chi connectivity index (χ4v) is 3.70. The summed E-state index contributed by atoms with van der Waals surface area (Å²) in [5, 5.41) is 6.01. The summed E-state index contributed by atoms with van der Waals surface area (Å²) in [5.41, 5.74) is 1.78. The molecule has 0 unspecified atom stereocenters. The molecule has 1 aliphatic heterocycles. The number of aryl methyl sites for hydroxylation is 1. The van der Waals surface area contributed by atoms with Gasteiger partial charge in [0, 0.05) is 23.5 Å². The molecule has 1 saturated heterocycles. The second-order valence-corrected chi connectivity index (χ2v) is 7.03. The van der Waals surface area contributed by atoms with Gasteiger partial charge in [0.05, 0.1) is 0 Å². The molecule has 1 aromatic carbocycles. The van der Waals surface area contributed by atoms with Crippen molar-refractivity contribution in [3.05, 3.63) is 47.2 Å². The summed E-state index contributed by atoms with van der Waals surface area (Å²) >= 11 is 1.36. The van der Waals surface area contributed by atoms with Crippen LogP contribution < -0.4 is 5.32 Å². The van der Waals surface area contributed by atoms with Crippen LogP contribution in [-0.2, 0) is 4.79 Å². The fraction of sp³-hybridized carbons (Fsp3) is 0.278. The summed E-state index contributed by atoms with van der Waals surface area (Å²) in [4.78, 5) is 31.0. The van der Waals surface area contributed by atoms with Gasteiger partial charge in [-0.05, 0) is 38.0 Å². The molecule has 1 aliphatic rings. The van der Waals surface area contributed by atoms with Crippen LogP contribution in [-0.4, -0.2) is 34.3 Å². The predicted molar refractivity (Wildman–Crippen MR) is 95.8 cm³/mol. The Morgan fingerprint density at radius 1 is 1.36 bits per heavy atom. The van der Waals surface area contributed by atoms with Gasteiger partial charge in [0.25, 0.3) is 5.91 Å². The maximum absolute atomic E-state index is 12.9. The van der Waals surface area contributed by atoms with Crippen LogP contribution in [0.3, 0.4) is 0 Å². The van der Waals surface area contributed by atoms with E-state index in [-0.39, 0.29) is 17.6 Å². The number of likely N-dealkylation sites (tertiary alicyclic amines) is 1. The number of nitrogens with one attached hydrogen (secondary N) is 1. The number of carbonyl (C=O) groups is 2. The van der Waals surface area contributed by atoms with Gasteiger partial charge in [-0.15, -0.1) is 11.3 Å². The summed E-state index contributed by atoms with van der Waals surface area (Å²) in [6.45, 7) is 2.54. The van der Waals surface area contributed by atoms with Gasteiger partial charge >= 0.3 is 0 Å². The number of carbonyl (C=O) groups excluding carboxylic acids is 2. The number of hydrogen-bond donors (Lipinski definition) is 1. The van der Waals surface area contributed by atoms with Gasteiger partial charge in [0.1, 0.15) is 11.6 Å². The van der Waals surface area contributed by atoms with Crippen LogP contribution in [0, 0.1) is 6.92 Å². The van der Waals surface area contributed by atoms with Crippen molar-refractivity contribution in [3.63, 3.8) is 0 Å². The molecule has 0 bridgehead atoms. The van der Waals surface area contributed by atoms with E-state index in [1.54, 1.807) is 22.5 Å². The van der Waals surface area contributed by atoms with Crippen molar-refractivity contribution >= 4 is 39.3 Å². The Balaban J connectivity index is 1.56. The molecule has 4 rings (SSSR count). The largest absolute Gasteiger partial charge is 0.451 e. The van der Waals surface area contributed by atoms with Crippen molar-refractivity contribution < 1.29 is 14.0 Å². The van der Waals surface area contributed by atoms with Gasteiger partial charge in [-0.3, -0.25) is 9.59 Å². The molecule has 0 radical (unpaired) electrons. The molecule has 25 heavy (non-hydrogen) atoms. The van der Waals surface area contributed by atoms with E-state index in [1.165, 1.54) is 11.3 Å². The Hall–Kier alpha value is -2.67. The molecule has 0 aliphatic carbocycles. The number of fused-ring (bicyclic) bond motifs is 1. The smallest absolute Gasteiger partial charge is 0.290 e. The maximum atomic E-state index is 12.9. The van der Waals surface area contributed by atoms with Crippen LogP contribution >= 0.6 is 11.3 Å². The third kappa shape index (κ3) is 3.02. The molecule has 128 valence electrons. The zero-order chi connectivity index (χ0) is 17.4. The predicted octanol–water partition coefficient (Wildman–Crippen LogP) is 3.44. The highest BCUT2D eigenvalue weighted by Crippen LogP contribution is 2.26. The molecule has 3 heterocycles. The van der Waals surface area contributed by atoms with Crippen LogP contribution in [0.15, 0.2) is 40.3 Å². The normalized spacial score (nSPS) is 17.2. The summed E-state index contributed by atoms with van der Waals surface area (Å²) in [5.74, 6) is -0.173. The van der Waals surface area contributed by atoms with Gasteiger partial charge in [0.15, 0.2) is 10.9 Å². The van der Waals surface area contributed by atoms with E-state index in [4.69, 9.17) is 4.42 Å². The van der Waals surface area contributed by atoms with E-state index in [9.17, 15) is 9.59 Å². The van der Waals surface area contributed by atoms with Crippen molar-refractivity contribution in [2.24, 2.45) is 0 Å². The highest BCUT2D eigenvalue weighted by Gasteiger charge is 2.36. The van der Waals surface area contributed by atoms with Crippen LogP contribution in [0.2, 0.25) is 0 Å². The molecule has 2 aromatic heterocycles. The zero-order valence-corrected chi connectivity index (χ0v) is 14.5. The van der Waals surface area contributed by atoms with Crippen molar-refractivity contribution in [3.8, 4) is 0 Å². The SMILES string of the molecule is Cc1ccc2oc(C(=O)N3CCC[C@@H]3C(=O)Nc3nccs3)cc2c1. The number of benzene rings is 1. The Labute approximate surface area is 148 Å². The molecular formula is C18H17N3O3S. The highest BCUT2D eigenvalue weighted by atomic mass is 32.1. The summed E-state index contributed by atoms with van der Waals surface area (Å²) in [7, 11) is 0. The number of anilines is 1. The first-order valence-corrected chi connectivity index (χ1v) is 9.01. The molecule has 2 amide bonds. The van der Waals surface area contributed by atoms with Gasteiger partial charge in [0.2, 0.25) is 5.91 Å². The lowest BCUT2D eigenvalue weighted by Crippen LogP contribution is -2.43. The average Bonchev–Trinajstić information content (AvgIpc) is 3.33. The first-order chi connectivity index (χ1) is 12.1. The van der Waals surface area contributed by atoms with Crippen molar-refractivity contribution in [1.29, 1.82) is 0 Å². The van der Waals surface area contributed by atoms with E-state index < -0.39 is 6.04 Å². The molecule has 1 N–H and O–H groups in total. The number of thiazole rings is 1. The number of nitrogens with zero attached hydrogens (tertiary/aromatic N) is 2. The highest BCUT2D eigenvalue weighted by molar-refractivity contribution is 7.13. The fourth-order valence-electron chi connectivity index (χ4n) is 3.17. The lowest BCUT2D eigenvalue weighted by molar-refractivity contribution is -0.119. The molecular weight excluding hydrogens is 338 g/mol. The second kappa shape index (κ2) is 6.33. The first-order valence-electron chi connectivity index (χ1n) is 8.13. The number of aromatic nitrogens is 1. The minimum Gasteiger partial charge on any atom is -0.451 e. The molecule has 0 spiro atoms. The van der Waals surface area contributed by atoms with E-state index in [0.29, 0.717) is 23.7 Å². The van der Waals surface area contributed by atoms with E-state index in [0.717, 1.165) is 17.4 Å². The van der Waals surface area contributed by atoms with Gasteiger partial charge < -0.3 is 14.6 Å². The Kier molecular flexibility index (Phi) is 4.01. The zero-order valence-electron chi connectivity index (χ0n) is 13.7. The van der Waals surface area contributed by atoms with Crippen molar-refractivity contribution in [2.45, 2.75) is 25.8 Å². The molecule has 7 heteroatoms. The number of furan rings is 1. The second-order valence-electron chi connectivity index (χ2n) is 6.14. The van der Waals surface area contributed by atoms with Gasteiger partial charge in [-0.25, -0.2) is 4.98 Å². The number of rotatable bonds is 3. The molecule has 6 nitrogen and oxygen atoms in total. The number of hydrogen-bond acceptors (Lipinski definition) is 5. The van der Waals surface area contributed by atoms with Crippen LogP contribution in [0.1, 0.15) is 29.0 Å². The first kappa shape index (κ1) is 15.8. The standard InChI is InChI=1S/C18H17N3O3S/c1-11-4-5-14-12(9-11)10-15(24-14)17(23)21-7-2-3-13(21)16(22)20-18-19-6-8-25-18/h4-6,8-10,13H,2-3,7H2,1H3,(H,19,20,22)/t13-/m1/s1.